The Bertz CT molecular complexity index is 138. The Morgan fingerprint density at radius 2 is 2.00 bits per heavy atom. The van der Waals surface area contributed by atoms with Crippen molar-refractivity contribution in [3.63, 3.8) is 0 Å². The van der Waals surface area contributed by atoms with Crippen LogP contribution in [-0.4, -0.2) is 24.7 Å². The van der Waals surface area contributed by atoms with E-state index in [0.29, 0.717) is 11.6 Å². The van der Waals surface area contributed by atoms with Crippen molar-refractivity contribution >= 4 is 0 Å². The van der Waals surface area contributed by atoms with Crippen LogP contribution in [0, 0.1) is 5.41 Å². The summed E-state index contributed by atoms with van der Waals surface area (Å²) in [7, 11) is 2.15. The van der Waals surface area contributed by atoms with Crippen LogP contribution in [0.4, 0.5) is 0 Å². The van der Waals surface area contributed by atoms with Crippen LogP contribution < -0.4 is 5.73 Å². The molecule has 2 rings (SSSR count). The van der Waals surface area contributed by atoms with Crippen molar-refractivity contribution < 1.29 is 0 Å². The van der Waals surface area contributed by atoms with E-state index in [-0.39, 0.29) is 0 Å². The minimum Gasteiger partial charge on any atom is -0.316 e. The Labute approximate surface area is 68.7 Å². The summed E-state index contributed by atoms with van der Waals surface area (Å²) in [5.41, 5.74) is 6.59. The second-order valence-corrected chi connectivity index (χ2v) is 4.39. The van der Waals surface area contributed by atoms with Gasteiger partial charge in [0.25, 0.3) is 0 Å². The van der Waals surface area contributed by atoms with Gasteiger partial charge in [0.15, 0.2) is 0 Å². The van der Waals surface area contributed by atoms with Crippen molar-refractivity contribution in [1.29, 1.82) is 0 Å². The van der Waals surface area contributed by atoms with E-state index in [1.54, 1.807) is 0 Å². The number of hydrogen-bond donors (Lipinski definition) is 1. The summed E-state index contributed by atoms with van der Waals surface area (Å²) in [5, 5.41) is 0. The third-order valence-corrected chi connectivity index (χ3v) is 3.46. The predicted octanol–water partition coefficient (Wildman–Crippen LogP) is 1.17. The van der Waals surface area contributed by atoms with Crippen LogP contribution in [0.25, 0.3) is 0 Å². The SMILES string of the molecule is CN1CC2(CCCC2)CC1N. The molecule has 1 spiro atoms. The molecule has 2 fully saturated rings. The Morgan fingerprint density at radius 3 is 2.45 bits per heavy atom. The van der Waals surface area contributed by atoms with Gasteiger partial charge in [0.2, 0.25) is 0 Å². The molecule has 0 radical (unpaired) electrons. The van der Waals surface area contributed by atoms with Crippen molar-refractivity contribution in [2.75, 3.05) is 13.6 Å². The van der Waals surface area contributed by atoms with Crippen LogP contribution in [0.1, 0.15) is 32.1 Å². The zero-order chi connectivity index (χ0) is 7.90. The monoisotopic (exact) mass is 154 g/mol. The lowest BCUT2D eigenvalue weighted by Crippen LogP contribution is -2.32. The highest BCUT2D eigenvalue weighted by molar-refractivity contribution is 4.95. The van der Waals surface area contributed by atoms with Gasteiger partial charge in [-0.15, -0.1) is 0 Å². The second kappa shape index (κ2) is 2.46. The third kappa shape index (κ3) is 1.18. The summed E-state index contributed by atoms with van der Waals surface area (Å²) >= 11 is 0. The van der Waals surface area contributed by atoms with E-state index in [1.807, 2.05) is 0 Å². The topological polar surface area (TPSA) is 29.3 Å². The number of rotatable bonds is 0. The highest BCUT2D eigenvalue weighted by atomic mass is 15.2. The van der Waals surface area contributed by atoms with E-state index >= 15 is 0 Å². The lowest BCUT2D eigenvalue weighted by Gasteiger charge is -2.21. The van der Waals surface area contributed by atoms with Gasteiger partial charge in [0, 0.05) is 6.54 Å². The maximum atomic E-state index is 5.96. The molecule has 2 N–H and O–H groups in total. The lowest BCUT2D eigenvalue weighted by molar-refractivity contribution is 0.278. The van der Waals surface area contributed by atoms with Crippen LogP contribution in [-0.2, 0) is 0 Å². The fourth-order valence-corrected chi connectivity index (χ4v) is 2.80. The summed E-state index contributed by atoms with van der Waals surface area (Å²) < 4.78 is 0. The molecule has 1 saturated heterocycles. The van der Waals surface area contributed by atoms with E-state index < -0.39 is 0 Å². The van der Waals surface area contributed by atoms with Crippen molar-refractivity contribution in [2.24, 2.45) is 11.1 Å². The Balaban J connectivity index is 2.06. The van der Waals surface area contributed by atoms with E-state index in [4.69, 9.17) is 5.73 Å². The highest BCUT2D eigenvalue weighted by Crippen LogP contribution is 2.46. The fraction of sp³-hybridized carbons (Fsp3) is 1.00. The largest absolute Gasteiger partial charge is 0.316 e. The number of hydrogen-bond acceptors (Lipinski definition) is 2. The predicted molar refractivity (Wildman–Crippen MR) is 46.1 cm³/mol. The highest BCUT2D eigenvalue weighted by Gasteiger charge is 2.42. The summed E-state index contributed by atoms with van der Waals surface area (Å²) in [6.45, 7) is 1.24. The maximum absolute atomic E-state index is 5.96. The quantitative estimate of drug-likeness (QED) is 0.567. The van der Waals surface area contributed by atoms with Gasteiger partial charge in [-0.05, 0) is 31.7 Å². The molecular formula is C9H18N2. The molecule has 1 atom stereocenters. The van der Waals surface area contributed by atoms with Crippen molar-refractivity contribution in [1.82, 2.24) is 4.90 Å². The van der Waals surface area contributed by atoms with Crippen molar-refractivity contribution in [3.05, 3.63) is 0 Å². The minimum absolute atomic E-state index is 0.341. The van der Waals surface area contributed by atoms with E-state index in [9.17, 15) is 0 Å². The number of likely N-dealkylation sites (tertiary alicyclic amines) is 1. The van der Waals surface area contributed by atoms with Gasteiger partial charge in [-0.25, -0.2) is 0 Å². The fourth-order valence-electron chi connectivity index (χ4n) is 2.80. The minimum atomic E-state index is 0.341. The van der Waals surface area contributed by atoms with Gasteiger partial charge < -0.3 is 5.73 Å². The molecular weight excluding hydrogens is 136 g/mol. The van der Waals surface area contributed by atoms with Crippen LogP contribution in [0.15, 0.2) is 0 Å². The first-order valence-electron chi connectivity index (χ1n) is 4.68. The van der Waals surface area contributed by atoms with Crippen LogP contribution >= 0.6 is 0 Å². The molecule has 1 aliphatic carbocycles. The van der Waals surface area contributed by atoms with E-state index in [2.05, 4.69) is 11.9 Å². The molecule has 11 heavy (non-hydrogen) atoms. The number of nitrogens with two attached hydrogens (primary N) is 1. The van der Waals surface area contributed by atoms with Crippen molar-refractivity contribution in [3.8, 4) is 0 Å². The zero-order valence-corrected chi connectivity index (χ0v) is 7.34. The Kier molecular flexibility index (Phi) is 1.69. The zero-order valence-electron chi connectivity index (χ0n) is 7.34. The molecule has 64 valence electrons. The number of nitrogens with zero attached hydrogens (tertiary/aromatic N) is 1. The summed E-state index contributed by atoms with van der Waals surface area (Å²) in [6, 6.07) is 0. The molecule has 0 aromatic heterocycles. The molecule has 1 aliphatic heterocycles. The third-order valence-electron chi connectivity index (χ3n) is 3.46. The normalized spacial score (nSPS) is 37.1. The smallest absolute Gasteiger partial charge is 0.0575 e. The van der Waals surface area contributed by atoms with Gasteiger partial charge in [-0.2, -0.15) is 0 Å². The van der Waals surface area contributed by atoms with E-state index in [1.165, 1.54) is 38.6 Å². The van der Waals surface area contributed by atoms with Crippen LogP contribution in [0.2, 0.25) is 0 Å². The first-order chi connectivity index (χ1) is 5.22. The lowest BCUT2D eigenvalue weighted by atomic mass is 9.85. The summed E-state index contributed by atoms with van der Waals surface area (Å²) in [5.74, 6) is 0. The molecule has 2 heteroatoms. The van der Waals surface area contributed by atoms with Crippen LogP contribution in [0.5, 0.6) is 0 Å². The average Bonchev–Trinajstić information content (AvgIpc) is 2.46. The molecule has 0 bridgehead atoms. The summed E-state index contributed by atoms with van der Waals surface area (Å²) in [4.78, 5) is 2.31. The van der Waals surface area contributed by atoms with Crippen LogP contribution in [0.3, 0.4) is 0 Å². The standard InChI is InChI=1S/C9H18N2/c1-11-7-9(6-8(11)10)4-2-3-5-9/h8H,2-7,10H2,1H3. The van der Waals surface area contributed by atoms with Gasteiger partial charge in [0.1, 0.15) is 0 Å². The Hall–Kier alpha value is -0.0800. The Morgan fingerprint density at radius 1 is 1.36 bits per heavy atom. The molecule has 2 aliphatic rings. The molecule has 0 aromatic rings. The molecule has 2 nitrogen and oxygen atoms in total. The van der Waals surface area contributed by atoms with Gasteiger partial charge in [-0.1, -0.05) is 12.8 Å². The molecule has 1 unspecified atom stereocenters. The van der Waals surface area contributed by atoms with Gasteiger partial charge in [0.05, 0.1) is 6.17 Å². The summed E-state index contributed by atoms with van der Waals surface area (Å²) in [6.07, 6.45) is 7.29. The molecule has 1 saturated carbocycles. The van der Waals surface area contributed by atoms with Gasteiger partial charge >= 0.3 is 0 Å². The second-order valence-electron chi connectivity index (χ2n) is 4.39. The molecule has 0 amide bonds. The van der Waals surface area contributed by atoms with Crippen molar-refractivity contribution in [2.45, 2.75) is 38.3 Å². The maximum Gasteiger partial charge on any atom is 0.0575 e. The first-order valence-corrected chi connectivity index (χ1v) is 4.68. The van der Waals surface area contributed by atoms with Gasteiger partial charge in [-0.3, -0.25) is 4.90 Å². The molecule has 0 aromatic carbocycles. The average molecular weight is 154 g/mol. The van der Waals surface area contributed by atoms with E-state index in [0.717, 1.165) is 0 Å². The molecule has 1 heterocycles. The first kappa shape index (κ1) is 7.56.